The van der Waals surface area contributed by atoms with Crippen LogP contribution in [0.25, 0.3) is 0 Å². The quantitative estimate of drug-likeness (QED) is 0.753. The average Bonchev–Trinajstić information content (AvgIpc) is 2.76. The Morgan fingerprint density at radius 1 is 1.17 bits per heavy atom. The molecular weight excluding hydrogens is 288 g/mol. The molecule has 0 spiro atoms. The summed E-state index contributed by atoms with van der Waals surface area (Å²) in [5.41, 5.74) is 1.68. The number of aliphatic hydroxyl groups excluding tert-OH is 1. The van der Waals surface area contributed by atoms with Crippen LogP contribution in [-0.2, 0) is 9.59 Å². The summed E-state index contributed by atoms with van der Waals surface area (Å²) in [4.78, 5) is 25.3. The highest BCUT2D eigenvalue weighted by molar-refractivity contribution is 5.89. The van der Waals surface area contributed by atoms with E-state index in [1.165, 1.54) is 0 Å². The van der Waals surface area contributed by atoms with E-state index in [9.17, 15) is 14.7 Å². The van der Waals surface area contributed by atoms with Crippen LogP contribution >= 0.6 is 0 Å². The molecule has 23 heavy (non-hydrogen) atoms. The highest BCUT2D eigenvalue weighted by Crippen LogP contribution is 2.39. The van der Waals surface area contributed by atoms with Crippen LogP contribution in [0.1, 0.15) is 40.5 Å². The van der Waals surface area contributed by atoms with Crippen molar-refractivity contribution < 1.29 is 14.7 Å². The lowest BCUT2D eigenvalue weighted by Gasteiger charge is -2.17. The summed E-state index contributed by atoms with van der Waals surface area (Å²) in [6.07, 6.45) is 6.14. The van der Waals surface area contributed by atoms with Gasteiger partial charge in [0.25, 0.3) is 0 Å². The van der Waals surface area contributed by atoms with Gasteiger partial charge in [0.05, 0.1) is 6.10 Å². The molecule has 0 aromatic heterocycles. The number of hydrogen-bond acceptors (Lipinski definition) is 3. The average molecular weight is 316 g/mol. The molecule has 0 aliphatic heterocycles. The van der Waals surface area contributed by atoms with Gasteiger partial charge in [-0.2, -0.15) is 0 Å². The second kappa shape index (κ2) is 6.96. The number of fused-ring (bicyclic) bond motifs is 1. The zero-order valence-electron chi connectivity index (χ0n) is 14.6. The molecule has 2 aliphatic carbocycles. The third kappa shape index (κ3) is 3.72. The van der Waals surface area contributed by atoms with Gasteiger partial charge in [-0.3, -0.25) is 9.59 Å². The summed E-state index contributed by atoms with van der Waals surface area (Å²) in [7, 11) is 0. The molecule has 0 bridgehead atoms. The van der Waals surface area contributed by atoms with Gasteiger partial charge in [-0.1, -0.05) is 51.2 Å². The predicted octanol–water partition coefficient (Wildman–Crippen LogP) is 3.49. The maximum atomic E-state index is 12.8. The molecule has 1 saturated carbocycles. The van der Waals surface area contributed by atoms with Crippen LogP contribution in [-0.4, -0.2) is 22.8 Å². The Morgan fingerprint density at radius 2 is 1.83 bits per heavy atom. The largest absolute Gasteiger partial charge is 0.388 e. The fourth-order valence-corrected chi connectivity index (χ4v) is 3.57. The Balaban J connectivity index is 2.44. The zero-order chi connectivity index (χ0) is 17.3. The van der Waals surface area contributed by atoms with Crippen molar-refractivity contribution in [3.8, 4) is 0 Å². The van der Waals surface area contributed by atoms with Crippen molar-refractivity contribution in [1.82, 2.24) is 0 Å². The van der Waals surface area contributed by atoms with Gasteiger partial charge in [0.15, 0.2) is 0 Å². The summed E-state index contributed by atoms with van der Waals surface area (Å²) in [5.74, 6) is -0.479. The summed E-state index contributed by atoms with van der Waals surface area (Å²) in [5, 5.41) is 10.4. The van der Waals surface area contributed by atoms with Crippen LogP contribution in [0.3, 0.4) is 0 Å². The van der Waals surface area contributed by atoms with Crippen LogP contribution in [0.15, 0.2) is 36.0 Å². The van der Waals surface area contributed by atoms with E-state index >= 15 is 0 Å². The molecule has 0 saturated heterocycles. The molecule has 0 aromatic rings. The van der Waals surface area contributed by atoms with Crippen molar-refractivity contribution in [2.24, 2.45) is 29.6 Å². The van der Waals surface area contributed by atoms with Crippen molar-refractivity contribution in [2.75, 3.05) is 0 Å². The lowest BCUT2D eigenvalue weighted by Crippen LogP contribution is -2.22. The standard InChI is InChI=1S/C20H28O3/c1-11(2)15-7-6-12(3)19(22)17-9-14(5)20(23)16(17)8-13(4)18(21)10-15/h6-8,12-15,17,20,23H,1,9-10H2,2-5H3/b7-6+,16-8+/t12-,13-,14-,15-,17+,20-/m1/s1. The van der Waals surface area contributed by atoms with Gasteiger partial charge in [-0.25, -0.2) is 0 Å². The number of carbonyl (C=O) groups is 2. The molecule has 2 aliphatic rings. The lowest BCUT2D eigenvalue weighted by molar-refractivity contribution is -0.124. The maximum absolute atomic E-state index is 12.8. The molecule has 1 N–H and O–H groups in total. The topological polar surface area (TPSA) is 54.4 Å². The van der Waals surface area contributed by atoms with Gasteiger partial charge in [0.1, 0.15) is 11.6 Å². The molecule has 0 aromatic carbocycles. The Morgan fingerprint density at radius 3 is 2.43 bits per heavy atom. The first-order chi connectivity index (χ1) is 10.7. The highest BCUT2D eigenvalue weighted by atomic mass is 16.3. The second-order valence-corrected chi connectivity index (χ2v) is 7.36. The minimum Gasteiger partial charge on any atom is -0.388 e. The summed E-state index contributed by atoms with van der Waals surface area (Å²) < 4.78 is 0. The Labute approximate surface area is 139 Å². The Bertz CT molecular complexity index is 569. The molecule has 1 fully saturated rings. The molecule has 6 atom stereocenters. The molecule has 0 radical (unpaired) electrons. The summed E-state index contributed by atoms with van der Waals surface area (Å²) in [6.45, 7) is 11.6. The number of aliphatic hydroxyl groups is 1. The molecule has 0 amide bonds. The first-order valence-electron chi connectivity index (χ1n) is 8.52. The van der Waals surface area contributed by atoms with E-state index in [1.54, 1.807) is 0 Å². The van der Waals surface area contributed by atoms with Crippen LogP contribution < -0.4 is 0 Å². The van der Waals surface area contributed by atoms with Crippen LogP contribution in [0, 0.1) is 29.6 Å². The Hall–Kier alpha value is -1.48. The summed E-state index contributed by atoms with van der Waals surface area (Å²) >= 11 is 0. The van der Waals surface area contributed by atoms with Crippen LogP contribution in [0.4, 0.5) is 0 Å². The normalized spacial score (nSPS) is 42.4. The number of rotatable bonds is 1. The summed E-state index contributed by atoms with van der Waals surface area (Å²) in [6, 6.07) is 0. The van der Waals surface area contributed by atoms with E-state index in [-0.39, 0.29) is 41.2 Å². The van der Waals surface area contributed by atoms with Crippen molar-refractivity contribution in [3.63, 3.8) is 0 Å². The molecule has 2 rings (SSSR count). The van der Waals surface area contributed by atoms with E-state index < -0.39 is 6.10 Å². The monoisotopic (exact) mass is 316 g/mol. The molecule has 3 nitrogen and oxygen atoms in total. The number of hydrogen-bond donors (Lipinski definition) is 1. The maximum Gasteiger partial charge on any atom is 0.146 e. The number of Topliss-reactive ketones (excluding diaryl/α,β-unsaturated/α-hetero) is 2. The molecule has 0 heterocycles. The molecule has 126 valence electrons. The van der Waals surface area contributed by atoms with Gasteiger partial charge in [0.2, 0.25) is 0 Å². The molecule has 0 unspecified atom stereocenters. The van der Waals surface area contributed by atoms with Gasteiger partial charge < -0.3 is 5.11 Å². The van der Waals surface area contributed by atoms with E-state index in [4.69, 9.17) is 0 Å². The van der Waals surface area contributed by atoms with Gasteiger partial charge in [-0.15, -0.1) is 0 Å². The third-order valence-electron chi connectivity index (χ3n) is 5.32. The van der Waals surface area contributed by atoms with Crippen molar-refractivity contribution in [1.29, 1.82) is 0 Å². The molecule has 3 heteroatoms. The number of allylic oxidation sites excluding steroid dienone is 4. The van der Waals surface area contributed by atoms with E-state index in [0.29, 0.717) is 12.8 Å². The Kier molecular flexibility index (Phi) is 5.41. The third-order valence-corrected chi connectivity index (χ3v) is 5.32. The first-order valence-corrected chi connectivity index (χ1v) is 8.52. The highest BCUT2D eigenvalue weighted by Gasteiger charge is 2.40. The van der Waals surface area contributed by atoms with E-state index in [2.05, 4.69) is 6.58 Å². The zero-order valence-corrected chi connectivity index (χ0v) is 14.6. The lowest BCUT2D eigenvalue weighted by atomic mass is 9.87. The predicted molar refractivity (Wildman–Crippen MR) is 91.8 cm³/mol. The van der Waals surface area contributed by atoms with Crippen molar-refractivity contribution >= 4 is 11.6 Å². The van der Waals surface area contributed by atoms with Crippen molar-refractivity contribution in [3.05, 3.63) is 36.0 Å². The van der Waals surface area contributed by atoms with Gasteiger partial charge in [0, 0.05) is 30.1 Å². The van der Waals surface area contributed by atoms with Gasteiger partial charge >= 0.3 is 0 Å². The van der Waals surface area contributed by atoms with Crippen molar-refractivity contribution in [2.45, 2.75) is 46.6 Å². The fraction of sp³-hybridized carbons (Fsp3) is 0.600. The minimum atomic E-state index is -0.618. The number of carbonyl (C=O) groups excluding carboxylic acids is 2. The number of ketones is 2. The van der Waals surface area contributed by atoms with Gasteiger partial charge in [-0.05, 0) is 24.8 Å². The molecular formula is C20H28O3. The second-order valence-electron chi connectivity index (χ2n) is 7.36. The van der Waals surface area contributed by atoms with E-state index in [0.717, 1.165) is 11.1 Å². The smallest absolute Gasteiger partial charge is 0.146 e. The van der Waals surface area contributed by atoms with E-state index in [1.807, 2.05) is 45.9 Å². The SMILES string of the molecule is C=C(C)[C@@H]1/C=C/[C@@H](C)C(=O)[C@H]2C[C@@H](C)[C@@H](O)/C2=C/[C@@H](C)C(=O)C1. The first kappa shape index (κ1) is 17.9. The van der Waals surface area contributed by atoms with Crippen LogP contribution in [0.5, 0.6) is 0 Å². The fourth-order valence-electron chi connectivity index (χ4n) is 3.57. The minimum absolute atomic E-state index is 0.0274. The van der Waals surface area contributed by atoms with Crippen LogP contribution in [0.2, 0.25) is 0 Å².